The van der Waals surface area contributed by atoms with Crippen LogP contribution in [0.3, 0.4) is 0 Å². The Labute approximate surface area is 174 Å². The molecule has 1 unspecified atom stereocenters. The molecule has 1 atom stereocenters. The second-order valence-corrected chi connectivity index (χ2v) is 8.06. The molecule has 3 aromatic rings. The first kappa shape index (κ1) is 19.6. The zero-order chi connectivity index (χ0) is 20.2. The van der Waals surface area contributed by atoms with E-state index in [0.717, 1.165) is 46.5 Å². The van der Waals surface area contributed by atoms with Crippen molar-refractivity contribution in [2.75, 3.05) is 25.2 Å². The van der Waals surface area contributed by atoms with Crippen LogP contribution in [0.1, 0.15) is 24.0 Å². The number of carbonyl (C=O) groups excluding carboxylic acids is 1. The predicted octanol–water partition coefficient (Wildman–Crippen LogP) is 4.84. The molecule has 1 amide bonds. The van der Waals surface area contributed by atoms with Crippen LogP contribution in [0.25, 0.3) is 16.3 Å². The van der Waals surface area contributed by atoms with Crippen LogP contribution in [-0.4, -0.2) is 37.3 Å². The number of hydrogen-bond acceptors (Lipinski definition) is 5. The van der Waals surface area contributed by atoms with Gasteiger partial charge in [-0.1, -0.05) is 47.7 Å². The van der Waals surface area contributed by atoms with Crippen LogP contribution >= 0.6 is 11.3 Å². The maximum Gasteiger partial charge on any atom is 0.252 e. The molecule has 0 radical (unpaired) electrons. The number of aromatic nitrogens is 1. The highest BCUT2D eigenvalue weighted by Crippen LogP contribution is 2.37. The molecule has 1 fully saturated rings. The lowest BCUT2D eigenvalue weighted by Gasteiger charge is -2.21. The Morgan fingerprint density at radius 1 is 1.31 bits per heavy atom. The fraction of sp³-hybridized carbons (Fsp3) is 0.304. The summed E-state index contributed by atoms with van der Waals surface area (Å²) in [5.41, 5.74) is 2.90. The molecule has 0 aliphatic carbocycles. The maximum atomic E-state index is 13.1. The SMILES string of the molecule is COc1ccc(C)c2sc(N(CC3CCCO3)C(=O)/C=C/c3ccccc3)nc12. The van der Waals surface area contributed by atoms with Crippen molar-refractivity contribution in [1.29, 1.82) is 0 Å². The summed E-state index contributed by atoms with van der Waals surface area (Å²) in [7, 11) is 1.64. The highest BCUT2D eigenvalue weighted by atomic mass is 32.1. The number of methoxy groups -OCH3 is 1. The van der Waals surface area contributed by atoms with Gasteiger partial charge < -0.3 is 9.47 Å². The van der Waals surface area contributed by atoms with E-state index in [2.05, 4.69) is 0 Å². The van der Waals surface area contributed by atoms with Crippen molar-refractivity contribution in [2.24, 2.45) is 0 Å². The van der Waals surface area contributed by atoms with Gasteiger partial charge in [-0.2, -0.15) is 0 Å². The van der Waals surface area contributed by atoms with Gasteiger partial charge in [0.2, 0.25) is 0 Å². The molecule has 0 saturated carbocycles. The first-order chi connectivity index (χ1) is 14.2. The van der Waals surface area contributed by atoms with Crippen LogP contribution < -0.4 is 9.64 Å². The Kier molecular flexibility index (Phi) is 5.92. The van der Waals surface area contributed by atoms with Gasteiger partial charge in [-0.3, -0.25) is 9.69 Å². The number of carbonyl (C=O) groups is 1. The molecule has 1 saturated heterocycles. The van der Waals surface area contributed by atoms with Gasteiger partial charge >= 0.3 is 0 Å². The maximum absolute atomic E-state index is 13.1. The zero-order valence-electron chi connectivity index (χ0n) is 16.6. The summed E-state index contributed by atoms with van der Waals surface area (Å²) < 4.78 is 12.3. The molecule has 29 heavy (non-hydrogen) atoms. The van der Waals surface area contributed by atoms with Gasteiger partial charge in [0.25, 0.3) is 5.91 Å². The molecule has 1 aromatic heterocycles. The lowest BCUT2D eigenvalue weighted by Crippen LogP contribution is -2.36. The minimum Gasteiger partial charge on any atom is -0.494 e. The van der Waals surface area contributed by atoms with Gasteiger partial charge in [-0.25, -0.2) is 4.98 Å². The van der Waals surface area contributed by atoms with E-state index in [1.165, 1.54) is 11.3 Å². The number of benzene rings is 2. The van der Waals surface area contributed by atoms with Crippen LogP contribution in [-0.2, 0) is 9.53 Å². The van der Waals surface area contributed by atoms with Crippen molar-refractivity contribution < 1.29 is 14.3 Å². The van der Waals surface area contributed by atoms with Gasteiger partial charge in [0.05, 0.1) is 24.5 Å². The average molecular weight is 409 g/mol. The lowest BCUT2D eigenvalue weighted by atomic mass is 10.2. The number of anilines is 1. The number of hydrogen-bond donors (Lipinski definition) is 0. The van der Waals surface area contributed by atoms with Crippen molar-refractivity contribution in [3.05, 3.63) is 59.7 Å². The molecule has 5 nitrogen and oxygen atoms in total. The molecule has 2 aromatic carbocycles. The first-order valence-corrected chi connectivity index (χ1v) is 10.6. The van der Waals surface area contributed by atoms with Gasteiger partial charge in [-0.05, 0) is 43.0 Å². The molecule has 6 heteroatoms. The minimum atomic E-state index is -0.0972. The van der Waals surface area contributed by atoms with Crippen LogP contribution in [0.5, 0.6) is 5.75 Å². The molecule has 0 bridgehead atoms. The molecule has 0 spiro atoms. The molecule has 1 aliphatic rings. The fourth-order valence-corrected chi connectivity index (χ4v) is 4.52. The molecule has 150 valence electrons. The van der Waals surface area contributed by atoms with Crippen molar-refractivity contribution >= 4 is 38.7 Å². The molecule has 4 rings (SSSR count). The van der Waals surface area contributed by atoms with E-state index < -0.39 is 0 Å². The molecular weight excluding hydrogens is 384 g/mol. The van der Waals surface area contributed by atoms with E-state index >= 15 is 0 Å². The second kappa shape index (κ2) is 8.76. The van der Waals surface area contributed by atoms with E-state index in [9.17, 15) is 4.79 Å². The number of ether oxygens (including phenoxy) is 2. The molecule has 2 heterocycles. The third-order valence-electron chi connectivity index (χ3n) is 5.04. The monoisotopic (exact) mass is 408 g/mol. The predicted molar refractivity (Wildman–Crippen MR) is 118 cm³/mol. The number of thiazole rings is 1. The van der Waals surface area contributed by atoms with E-state index in [1.807, 2.05) is 55.5 Å². The number of nitrogens with zero attached hydrogens (tertiary/aromatic N) is 2. The number of amides is 1. The normalized spacial score (nSPS) is 16.6. The summed E-state index contributed by atoms with van der Waals surface area (Å²) in [6.07, 6.45) is 5.47. The molecule has 0 N–H and O–H groups in total. The Balaban J connectivity index is 1.68. The Morgan fingerprint density at radius 3 is 2.86 bits per heavy atom. The summed E-state index contributed by atoms with van der Waals surface area (Å²) in [6, 6.07) is 13.8. The highest BCUT2D eigenvalue weighted by molar-refractivity contribution is 7.22. The fourth-order valence-electron chi connectivity index (χ4n) is 3.45. The van der Waals surface area contributed by atoms with E-state index in [-0.39, 0.29) is 12.0 Å². The van der Waals surface area contributed by atoms with E-state index in [4.69, 9.17) is 14.5 Å². The third kappa shape index (κ3) is 4.33. The van der Waals surface area contributed by atoms with Gasteiger partial charge in [0.15, 0.2) is 5.13 Å². The van der Waals surface area contributed by atoms with E-state index in [0.29, 0.717) is 11.7 Å². The van der Waals surface area contributed by atoms with Crippen LogP contribution in [0.4, 0.5) is 5.13 Å². The van der Waals surface area contributed by atoms with Gasteiger partial charge in [-0.15, -0.1) is 0 Å². The minimum absolute atomic E-state index is 0.0408. The van der Waals surface area contributed by atoms with E-state index in [1.54, 1.807) is 18.1 Å². The Bertz CT molecular complexity index is 1020. The molecule has 1 aliphatic heterocycles. The van der Waals surface area contributed by atoms with Crippen molar-refractivity contribution in [3.63, 3.8) is 0 Å². The average Bonchev–Trinajstić information content (AvgIpc) is 3.42. The number of aryl methyl sites for hydroxylation is 1. The number of fused-ring (bicyclic) bond motifs is 1. The topological polar surface area (TPSA) is 51.7 Å². The quantitative estimate of drug-likeness (QED) is 0.548. The summed E-state index contributed by atoms with van der Waals surface area (Å²) in [4.78, 5) is 19.6. The summed E-state index contributed by atoms with van der Waals surface area (Å²) in [5.74, 6) is 0.623. The summed E-state index contributed by atoms with van der Waals surface area (Å²) in [5, 5.41) is 0.672. The van der Waals surface area contributed by atoms with Crippen LogP contribution in [0, 0.1) is 6.92 Å². The summed E-state index contributed by atoms with van der Waals surface area (Å²) in [6.45, 7) is 3.30. The summed E-state index contributed by atoms with van der Waals surface area (Å²) >= 11 is 1.52. The van der Waals surface area contributed by atoms with Crippen LogP contribution in [0.2, 0.25) is 0 Å². The first-order valence-electron chi connectivity index (χ1n) is 9.76. The van der Waals surface area contributed by atoms with Crippen molar-refractivity contribution in [1.82, 2.24) is 4.98 Å². The Morgan fingerprint density at radius 2 is 2.14 bits per heavy atom. The highest BCUT2D eigenvalue weighted by Gasteiger charge is 2.26. The van der Waals surface area contributed by atoms with Crippen LogP contribution in [0.15, 0.2) is 48.5 Å². The van der Waals surface area contributed by atoms with Crippen molar-refractivity contribution in [3.8, 4) is 5.75 Å². The standard InChI is InChI=1S/C23H24N2O3S/c1-16-10-12-19(27-2)21-22(16)29-23(24-21)25(15-18-9-6-14-28-18)20(26)13-11-17-7-4-3-5-8-17/h3-5,7-8,10-13,18H,6,9,14-15H2,1-2H3/b13-11+. The van der Waals surface area contributed by atoms with Crippen molar-refractivity contribution in [2.45, 2.75) is 25.9 Å². The lowest BCUT2D eigenvalue weighted by molar-refractivity contribution is -0.114. The number of rotatable bonds is 6. The van der Waals surface area contributed by atoms with Gasteiger partial charge in [0.1, 0.15) is 11.3 Å². The van der Waals surface area contributed by atoms with Gasteiger partial charge in [0, 0.05) is 12.7 Å². The third-order valence-corrected chi connectivity index (χ3v) is 6.25. The zero-order valence-corrected chi connectivity index (χ0v) is 17.4. The largest absolute Gasteiger partial charge is 0.494 e. The molecular formula is C23H24N2O3S. The smallest absolute Gasteiger partial charge is 0.252 e. The Hall–Kier alpha value is -2.70. The second-order valence-electron chi connectivity index (χ2n) is 7.09.